The van der Waals surface area contributed by atoms with Crippen molar-refractivity contribution in [3.63, 3.8) is 0 Å². The maximum absolute atomic E-state index is 4.73. The zero-order valence-electron chi connectivity index (χ0n) is 12.0. The number of aryl methyl sites for hydroxylation is 1. The molecule has 0 atom stereocenters. The lowest BCUT2D eigenvalue weighted by Gasteiger charge is -2.28. The summed E-state index contributed by atoms with van der Waals surface area (Å²) in [5.41, 5.74) is 1.44. The molecule has 0 saturated heterocycles. The topological polar surface area (TPSA) is 41.1 Å². The molecule has 3 aromatic heterocycles. The fraction of sp³-hybridized carbons (Fsp3) is 0.333. The van der Waals surface area contributed by atoms with E-state index in [9.17, 15) is 0 Å². The molecule has 4 heterocycles. The molecule has 4 rings (SSSR count). The third-order valence-corrected chi connectivity index (χ3v) is 5.79. The molecular weight excluding hydrogens is 300 g/mol. The van der Waals surface area contributed by atoms with E-state index in [0.717, 1.165) is 30.2 Å². The van der Waals surface area contributed by atoms with Crippen LogP contribution in [-0.2, 0) is 13.0 Å². The zero-order chi connectivity index (χ0) is 14.4. The van der Waals surface area contributed by atoms with Crippen molar-refractivity contribution in [3.05, 3.63) is 32.8 Å². The normalized spacial score (nSPS) is 14.5. The summed E-state index contributed by atoms with van der Waals surface area (Å²) in [7, 11) is 1.87. The van der Waals surface area contributed by atoms with Crippen molar-refractivity contribution in [2.24, 2.45) is 0 Å². The Hall–Kier alpha value is -1.66. The van der Waals surface area contributed by atoms with E-state index in [-0.39, 0.29) is 0 Å². The Balaban J connectivity index is 1.82. The van der Waals surface area contributed by atoms with Crippen LogP contribution in [0.4, 0.5) is 11.8 Å². The van der Waals surface area contributed by atoms with Crippen LogP contribution in [0.2, 0.25) is 0 Å². The number of fused-ring (bicyclic) bond motifs is 2. The molecule has 0 amide bonds. The van der Waals surface area contributed by atoms with Gasteiger partial charge in [0.05, 0.1) is 5.39 Å². The molecule has 21 heavy (non-hydrogen) atoms. The maximum atomic E-state index is 4.73. The van der Waals surface area contributed by atoms with Gasteiger partial charge in [-0.2, -0.15) is 4.98 Å². The van der Waals surface area contributed by atoms with Gasteiger partial charge in [0.1, 0.15) is 10.6 Å². The predicted octanol–water partition coefficient (Wildman–Crippen LogP) is 3.67. The second-order valence-electron chi connectivity index (χ2n) is 5.24. The average Bonchev–Trinajstić information content (AvgIpc) is 3.09. The molecule has 1 aliphatic rings. The second kappa shape index (κ2) is 4.96. The van der Waals surface area contributed by atoms with Crippen molar-refractivity contribution in [2.75, 3.05) is 23.8 Å². The van der Waals surface area contributed by atoms with Gasteiger partial charge < -0.3 is 10.2 Å². The number of hydrogen-bond acceptors (Lipinski definition) is 6. The minimum absolute atomic E-state index is 0.704. The van der Waals surface area contributed by atoms with E-state index >= 15 is 0 Å². The molecule has 0 aromatic carbocycles. The lowest BCUT2D eigenvalue weighted by molar-refractivity contribution is 0.735. The van der Waals surface area contributed by atoms with Crippen molar-refractivity contribution in [3.8, 4) is 0 Å². The molecule has 1 aliphatic heterocycles. The van der Waals surface area contributed by atoms with Crippen molar-refractivity contribution >= 4 is 44.7 Å². The van der Waals surface area contributed by atoms with Gasteiger partial charge in [0, 0.05) is 29.9 Å². The highest BCUT2D eigenvalue weighted by molar-refractivity contribution is 7.18. The van der Waals surface area contributed by atoms with E-state index in [1.165, 1.54) is 20.7 Å². The first kappa shape index (κ1) is 13.0. The van der Waals surface area contributed by atoms with Gasteiger partial charge in [-0.05, 0) is 36.4 Å². The highest BCUT2D eigenvalue weighted by atomic mass is 32.1. The summed E-state index contributed by atoms with van der Waals surface area (Å²) in [4.78, 5) is 15.6. The summed E-state index contributed by atoms with van der Waals surface area (Å²) < 4.78 is 0. The van der Waals surface area contributed by atoms with Gasteiger partial charge in [0.2, 0.25) is 5.95 Å². The Morgan fingerprint density at radius 1 is 1.33 bits per heavy atom. The number of aromatic nitrogens is 2. The molecule has 0 spiro atoms. The summed E-state index contributed by atoms with van der Waals surface area (Å²) in [5, 5.41) is 6.45. The van der Waals surface area contributed by atoms with Gasteiger partial charge in [-0.1, -0.05) is 0 Å². The monoisotopic (exact) mass is 316 g/mol. The van der Waals surface area contributed by atoms with E-state index in [1.54, 1.807) is 11.3 Å². The number of rotatable bonds is 2. The molecule has 3 aromatic rings. The fourth-order valence-electron chi connectivity index (χ4n) is 2.81. The molecule has 108 valence electrons. The van der Waals surface area contributed by atoms with E-state index in [1.807, 2.05) is 18.4 Å². The Morgan fingerprint density at radius 2 is 2.24 bits per heavy atom. The van der Waals surface area contributed by atoms with Gasteiger partial charge in [0.15, 0.2) is 0 Å². The lowest BCUT2D eigenvalue weighted by atomic mass is 10.1. The summed E-state index contributed by atoms with van der Waals surface area (Å²) in [6, 6.07) is 4.44. The molecule has 6 heteroatoms. The quantitative estimate of drug-likeness (QED) is 0.783. The molecule has 0 fully saturated rings. The maximum Gasteiger partial charge on any atom is 0.225 e. The van der Waals surface area contributed by atoms with Crippen LogP contribution in [0.3, 0.4) is 0 Å². The first-order chi connectivity index (χ1) is 10.2. The number of hydrogen-bond donors (Lipinski definition) is 1. The molecule has 0 bridgehead atoms. The molecule has 0 unspecified atom stereocenters. The first-order valence-electron chi connectivity index (χ1n) is 7.01. The van der Waals surface area contributed by atoms with Crippen molar-refractivity contribution in [1.29, 1.82) is 0 Å². The van der Waals surface area contributed by atoms with Crippen LogP contribution in [0.5, 0.6) is 0 Å². The minimum atomic E-state index is 0.704. The highest BCUT2D eigenvalue weighted by Gasteiger charge is 2.21. The molecule has 0 saturated carbocycles. The van der Waals surface area contributed by atoms with Crippen LogP contribution >= 0.6 is 22.7 Å². The van der Waals surface area contributed by atoms with Gasteiger partial charge in [-0.3, -0.25) is 0 Å². The van der Waals surface area contributed by atoms with Crippen LogP contribution in [0.1, 0.15) is 15.3 Å². The van der Waals surface area contributed by atoms with E-state index in [0.29, 0.717) is 5.95 Å². The largest absolute Gasteiger partial charge is 0.357 e. The van der Waals surface area contributed by atoms with Crippen LogP contribution in [0.15, 0.2) is 17.5 Å². The first-order valence-corrected chi connectivity index (χ1v) is 8.70. The SMILES string of the molecule is CNc1nc(N2CCc3sccc3C2)c2cc(C)sc2n1. The molecule has 1 N–H and O–H groups in total. The highest BCUT2D eigenvalue weighted by Crippen LogP contribution is 2.34. The smallest absolute Gasteiger partial charge is 0.225 e. The van der Waals surface area contributed by atoms with Gasteiger partial charge in [0.25, 0.3) is 0 Å². The summed E-state index contributed by atoms with van der Waals surface area (Å²) in [5.74, 6) is 1.76. The fourth-order valence-corrected chi connectivity index (χ4v) is 4.57. The Bertz CT molecular complexity index is 805. The number of nitrogens with one attached hydrogen (secondary N) is 1. The third kappa shape index (κ3) is 2.18. The number of nitrogens with zero attached hydrogens (tertiary/aromatic N) is 3. The lowest BCUT2D eigenvalue weighted by Crippen LogP contribution is -2.30. The number of thiophene rings is 2. The Morgan fingerprint density at radius 3 is 3.10 bits per heavy atom. The van der Waals surface area contributed by atoms with Crippen molar-refractivity contribution < 1.29 is 0 Å². The van der Waals surface area contributed by atoms with Crippen molar-refractivity contribution in [1.82, 2.24) is 9.97 Å². The van der Waals surface area contributed by atoms with Gasteiger partial charge in [-0.15, -0.1) is 22.7 Å². The van der Waals surface area contributed by atoms with Gasteiger partial charge >= 0.3 is 0 Å². The van der Waals surface area contributed by atoms with E-state index < -0.39 is 0 Å². The molecular formula is C15H16N4S2. The summed E-state index contributed by atoms with van der Waals surface area (Å²) >= 11 is 3.60. The van der Waals surface area contributed by atoms with Crippen LogP contribution in [0, 0.1) is 6.92 Å². The average molecular weight is 316 g/mol. The minimum Gasteiger partial charge on any atom is -0.357 e. The molecule has 4 nitrogen and oxygen atoms in total. The van der Waals surface area contributed by atoms with Crippen LogP contribution < -0.4 is 10.2 Å². The van der Waals surface area contributed by atoms with Crippen molar-refractivity contribution in [2.45, 2.75) is 19.9 Å². The predicted molar refractivity (Wildman–Crippen MR) is 90.8 cm³/mol. The number of anilines is 2. The standard InChI is InChI=1S/C15H16N4S2/c1-9-7-11-13(17-15(16-2)18-14(11)21-9)19-5-3-12-10(8-19)4-6-20-12/h4,6-7H,3,5,8H2,1-2H3,(H,16,17,18). The summed E-state index contributed by atoms with van der Waals surface area (Å²) in [6.45, 7) is 4.10. The van der Waals surface area contributed by atoms with E-state index in [4.69, 9.17) is 4.98 Å². The zero-order valence-corrected chi connectivity index (χ0v) is 13.6. The van der Waals surface area contributed by atoms with Crippen LogP contribution in [-0.4, -0.2) is 23.6 Å². The van der Waals surface area contributed by atoms with Crippen LogP contribution in [0.25, 0.3) is 10.2 Å². The van der Waals surface area contributed by atoms with Gasteiger partial charge in [-0.25, -0.2) is 4.98 Å². The molecule has 0 aliphatic carbocycles. The Labute approximate surface area is 131 Å². The molecule has 0 radical (unpaired) electrons. The Kier molecular flexibility index (Phi) is 3.08. The second-order valence-corrected chi connectivity index (χ2v) is 7.47. The van der Waals surface area contributed by atoms with E-state index in [2.05, 4.69) is 39.6 Å². The third-order valence-electron chi connectivity index (χ3n) is 3.83. The summed E-state index contributed by atoms with van der Waals surface area (Å²) in [6.07, 6.45) is 1.11.